The zero-order valence-corrected chi connectivity index (χ0v) is 24.9. The summed E-state index contributed by atoms with van der Waals surface area (Å²) in [4.78, 5) is 23.9. The molecular weight excluding hydrogens is 492 g/mol. The first-order valence-electron chi connectivity index (χ1n) is 13.9. The van der Waals surface area contributed by atoms with Crippen molar-refractivity contribution in [2.45, 2.75) is 80.3 Å². The average molecular weight is 535 g/mol. The van der Waals surface area contributed by atoms with E-state index in [1.807, 2.05) is 33.0 Å². The van der Waals surface area contributed by atoms with E-state index >= 15 is 0 Å². The van der Waals surface area contributed by atoms with Crippen LogP contribution in [0.3, 0.4) is 0 Å². The van der Waals surface area contributed by atoms with Crippen LogP contribution in [-0.4, -0.2) is 29.8 Å². The number of anilines is 1. The fraction of sp³-hybridized carbons (Fsp3) is 0.469. The minimum absolute atomic E-state index is 0.244. The van der Waals surface area contributed by atoms with Crippen molar-refractivity contribution in [3.05, 3.63) is 75.2 Å². The van der Waals surface area contributed by atoms with Gasteiger partial charge in [-0.05, 0) is 85.5 Å². The highest BCUT2D eigenvalue weighted by atomic mass is 35.5. The van der Waals surface area contributed by atoms with Gasteiger partial charge in [0.15, 0.2) is 6.29 Å². The van der Waals surface area contributed by atoms with E-state index in [1.54, 1.807) is 6.07 Å². The number of nitrogens with zero attached hydrogens (tertiary/aromatic N) is 3. The number of rotatable bonds is 9. The molecule has 1 heterocycles. The van der Waals surface area contributed by atoms with Crippen molar-refractivity contribution in [1.82, 2.24) is 15.3 Å². The molecule has 0 spiro atoms. The Labute approximate surface area is 234 Å². The Kier molecular flexibility index (Phi) is 10.5. The maximum Gasteiger partial charge on any atom is 0.151 e. The first-order chi connectivity index (χ1) is 18.2. The van der Waals surface area contributed by atoms with Crippen molar-refractivity contribution in [2.24, 2.45) is 5.41 Å². The molecule has 5 nitrogen and oxygen atoms in total. The number of fused-ring (bicyclic) bond motifs is 1. The number of aldehydes is 1. The van der Waals surface area contributed by atoms with Crippen LogP contribution in [0.1, 0.15) is 86.0 Å². The van der Waals surface area contributed by atoms with E-state index in [-0.39, 0.29) is 5.41 Å². The third kappa shape index (κ3) is 7.00. The van der Waals surface area contributed by atoms with Crippen LogP contribution in [0.15, 0.2) is 36.4 Å². The molecule has 0 radical (unpaired) electrons. The monoisotopic (exact) mass is 534 g/mol. The number of carbonyl (C=O) groups is 1. The number of carbonyl (C=O) groups excluding carboxylic acids is 1. The smallest absolute Gasteiger partial charge is 0.151 e. The number of nitrogens with one attached hydrogen (secondary N) is 1. The lowest BCUT2D eigenvalue weighted by Crippen LogP contribution is -2.32. The van der Waals surface area contributed by atoms with Crippen molar-refractivity contribution < 1.29 is 4.79 Å². The number of aryl methyl sites for hydroxylation is 2. The van der Waals surface area contributed by atoms with Gasteiger partial charge in [0, 0.05) is 29.9 Å². The molecule has 204 valence electrons. The number of aromatic nitrogens is 2. The van der Waals surface area contributed by atoms with Gasteiger partial charge >= 0.3 is 0 Å². The van der Waals surface area contributed by atoms with Crippen LogP contribution in [-0.2, 0) is 25.9 Å². The van der Waals surface area contributed by atoms with Crippen LogP contribution in [0.25, 0.3) is 11.1 Å². The molecule has 0 fully saturated rings. The molecule has 38 heavy (non-hydrogen) atoms. The summed E-state index contributed by atoms with van der Waals surface area (Å²) in [6, 6.07) is 12.1. The Bertz CT molecular complexity index is 1250. The molecule has 0 bridgehead atoms. The number of benzene rings is 2. The van der Waals surface area contributed by atoms with Gasteiger partial charge in [0.2, 0.25) is 0 Å². The summed E-state index contributed by atoms with van der Waals surface area (Å²) in [5, 5.41) is 3.70. The lowest BCUT2D eigenvalue weighted by molar-refractivity contribution is 0.112. The van der Waals surface area contributed by atoms with E-state index in [9.17, 15) is 4.79 Å². The van der Waals surface area contributed by atoms with Gasteiger partial charge in [0.05, 0.1) is 11.6 Å². The Morgan fingerprint density at radius 3 is 2.50 bits per heavy atom. The summed E-state index contributed by atoms with van der Waals surface area (Å²) >= 11 is 6.17. The van der Waals surface area contributed by atoms with E-state index in [1.165, 1.54) is 22.4 Å². The first kappa shape index (κ1) is 29.8. The van der Waals surface area contributed by atoms with Crippen molar-refractivity contribution in [3.63, 3.8) is 0 Å². The third-order valence-corrected chi connectivity index (χ3v) is 7.45. The molecular formula is C32H43ClN4O. The van der Waals surface area contributed by atoms with Gasteiger partial charge in [-0.1, -0.05) is 64.4 Å². The summed E-state index contributed by atoms with van der Waals surface area (Å²) in [6.45, 7) is 15.4. The van der Waals surface area contributed by atoms with E-state index in [4.69, 9.17) is 21.6 Å². The van der Waals surface area contributed by atoms with E-state index in [2.05, 4.69) is 56.1 Å². The molecule has 4 rings (SSSR count). The number of hydrogen-bond donors (Lipinski definition) is 1. The summed E-state index contributed by atoms with van der Waals surface area (Å²) in [7, 11) is 1.94. The Balaban J connectivity index is 0.00000195. The summed E-state index contributed by atoms with van der Waals surface area (Å²) in [5.41, 5.74) is 7.82. The van der Waals surface area contributed by atoms with Crippen molar-refractivity contribution in [2.75, 3.05) is 18.5 Å². The molecule has 0 aliphatic heterocycles. The van der Waals surface area contributed by atoms with Crippen LogP contribution >= 0.6 is 11.6 Å². The molecule has 3 aromatic rings. The molecule has 0 unspecified atom stereocenters. The minimum atomic E-state index is 0.244. The van der Waals surface area contributed by atoms with Gasteiger partial charge in [-0.25, -0.2) is 9.97 Å². The molecule has 1 aromatic heterocycles. The Morgan fingerprint density at radius 2 is 1.82 bits per heavy atom. The van der Waals surface area contributed by atoms with Crippen LogP contribution in [0.5, 0.6) is 0 Å². The predicted molar refractivity (Wildman–Crippen MR) is 160 cm³/mol. The predicted octanol–water partition coefficient (Wildman–Crippen LogP) is 7.60. The Hall–Kier alpha value is -2.76. The normalized spacial score (nSPS) is 13.8. The maximum atomic E-state index is 11.4. The second kappa shape index (κ2) is 13.3. The molecule has 1 N–H and O–H groups in total. The highest BCUT2D eigenvalue weighted by Gasteiger charge is 2.31. The zero-order chi connectivity index (χ0) is 27.9. The largest absolute Gasteiger partial charge is 0.352 e. The molecule has 0 amide bonds. The average Bonchev–Trinajstić information content (AvgIpc) is 2.91. The fourth-order valence-electron chi connectivity index (χ4n) is 5.05. The van der Waals surface area contributed by atoms with Gasteiger partial charge in [-0.2, -0.15) is 0 Å². The molecule has 0 atom stereocenters. The van der Waals surface area contributed by atoms with E-state index < -0.39 is 0 Å². The lowest BCUT2D eigenvalue weighted by atomic mass is 9.76. The van der Waals surface area contributed by atoms with Crippen LogP contribution in [0.2, 0.25) is 5.02 Å². The SMILES string of the molecule is CC.CCCN(Cc1cc(-c2ccc(Cl)c(C=O)c2)ccc1C)c1nc(CNC)nc2c1CC(C)(C)CC2. The second-order valence-corrected chi connectivity index (χ2v) is 11.1. The molecule has 1 aliphatic rings. The topological polar surface area (TPSA) is 58.1 Å². The number of halogens is 1. The molecule has 0 saturated carbocycles. The van der Waals surface area contributed by atoms with Crippen LogP contribution in [0, 0.1) is 12.3 Å². The number of hydrogen-bond acceptors (Lipinski definition) is 5. The maximum absolute atomic E-state index is 11.4. The minimum Gasteiger partial charge on any atom is -0.352 e. The quantitative estimate of drug-likeness (QED) is 0.286. The zero-order valence-electron chi connectivity index (χ0n) is 24.1. The fourth-order valence-corrected chi connectivity index (χ4v) is 5.21. The van der Waals surface area contributed by atoms with Crippen molar-refractivity contribution in [1.29, 1.82) is 0 Å². The van der Waals surface area contributed by atoms with Crippen LogP contribution < -0.4 is 10.2 Å². The second-order valence-electron chi connectivity index (χ2n) is 10.7. The van der Waals surface area contributed by atoms with Gasteiger partial charge in [-0.15, -0.1) is 0 Å². The van der Waals surface area contributed by atoms with Gasteiger partial charge in [0.1, 0.15) is 11.6 Å². The Morgan fingerprint density at radius 1 is 1.11 bits per heavy atom. The summed E-state index contributed by atoms with van der Waals surface area (Å²) in [6.07, 6.45) is 4.98. The highest BCUT2D eigenvalue weighted by Crippen LogP contribution is 2.38. The lowest BCUT2D eigenvalue weighted by Gasteiger charge is -2.35. The molecule has 0 saturated heterocycles. The molecule has 1 aliphatic carbocycles. The first-order valence-corrected chi connectivity index (χ1v) is 14.2. The summed E-state index contributed by atoms with van der Waals surface area (Å²) < 4.78 is 0. The van der Waals surface area contributed by atoms with E-state index in [0.29, 0.717) is 17.1 Å². The van der Waals surface area contributed by atoms with Crippen molar-refractivity contribution >= 4 is 23.7 Å². The molecule has 6 heteroatoms. The molecule has 2 aromatic carbocycles. The van der Waals surface area contributed by atoms with Crippen molar-refractivity contribution in [3.8, 4) is 11.1 Å². The third-order valence-electron chi connectivity index (χ3n) is 7.11. The van der Waals surface area contributed by atoms with Gasteiger partial charge < -0.3 is 10.2 Å². The standard InChI is InChI=1S/C30H37ClN4O.C2H6/c1-6-13-35(29-25-16-30(3,4)12-11-27(25)33-28(34-29)17-32-5)18-23-14-21(8-7-20(23)2)22-9-10-26(31)24(15-22)19-36;1-2/h7-10,14-15,19,32H,6,11-13,16-18H2,1-5H3;1-2H3. The van der Waals surface area contributed by atoms with Gasteiger partial charge in [-0.3, -0.25) is 4.79 Å². The van der Waals surface area contributed by atoms with E-state index in [0.717, 1.165) is 67.8 Å². The summed E-state index contributed by atoms with van der Waals surface area (Å²) in [5.74, 6) is 1.94. The highest BCUT2D eigenvalue weighted by molar-refractivity contribution is 6.33. The van der Waals surface area contributed by atoms with Gasteiger partial charge in [0.25, 0.3) is 0 Å². The van der Waals surface area contributed by atoms with Crippen LogP contribution in [0.4, 0.5) is 5.82 Å².